The van der Waals surface area contributed by atoms with Crippen LogP contribution >= 0.6 is 0 Å². The molecule has 0 aliphatic heterocycles. The molecule has 0 saturated carbocycles. The first-order chi connectivity index (χ1) is 15.9. The number of rotatable bonds is 18. The lowest BCUT2D eigenvalue weighted by Crippen LogP contribution is -2.55. The molecule has 0 spiro atoms. The van der Waals surface area contributed by atoms with E-state index in [0.717, 1.165) is 12.8 Å². The van der Waals surface area contributed by atoms with Crippen molar-refractivity contribution in [2.24, 2.45) is 10.4 Å². The minimum absolute atomic E-state index is 0.00239. The fourth-order valence-electron chi connectivity index (χ4n) is 3.88. The van der Waals surface area contributed by atoms with Crippen molar-refractivity contribution in [3.05, 3.63) is 0 Å². The molecule has 0 aliphatic rings. The molecular weight excluding hydrogens is 442 g/mol. The second-order valence-corrected chi connectivity index (χ2v) is 11.6. The minimum atomic E-state index is -0.981. The highest BCUT2D eigenvalue weighted by Crippen LogP contribution is 2.43. The largest absolute Gasteiger partial charge is 0.366 e. The monoisotopic (exact) mass is 497 g/mol. The van der Waals surface area contributed by atoms with Crippen LogP contribution in [0.25, 0.3) is 0 Å². The van der Waals surface area contributed by atoms with Crippen molar-refractivity contribution >= 4 is 17.8 Å². The Hall–Kier alpha value is -1.11. The predicted octanol–water partition coefficient (Wildman–Crippen LogP) is 6.76. The Labute approximate surface area is 216 Å². The van der Waals surface area contributed by atoms with Crippen LogP contribution in [0.15, 0.2) is 4.99 Å². The van der Waals surface area contributed by atoms with Gasteiger partial charge in [0, 0.05) is 6.21 Å². The number of carbonyl (C=O) groups is 2. The third kappa shape index (κ3) is 9.05. The molecule has 0 N–H and O–H groups in total. The van der Waals surface area contributed by atoms with Gasteiger partial charge >= 0.3 is 0 Å². The zero-order valence-corrected chi connectivity index (χ0v) is 25.1. The predicted molar refractivity (Wildman–Crippen MR) is 145 cm³/mol. The molecule has 4 unspecified atom stereocenters. The summed E-state index contributed by atoms with van der Waals surface area (Å²) in [7, 11) is 0. The zero-order chi connectivity index (χ0) is 27.7. The van der Waals surface area contributed by atoms with E-state index >= 15 is 0 Å². The van der Waals surface area contributed by atoms with Gasteiger partial charge in [0.1, 0.15) is 18.3 Å². The van der Waals surface area contributed by atoms with Crippen LogP contribution < -0.4 is 0 Å². The van der Waals surface area contributed by atoms with Gasteiger partial charge in [0.25, 0.3) is 0 Å². The van der Waals surface area contributed by atoms with Gasteiger partial charge in [-0.2, -0.15) is 0 Å². The Bertz CT molecular complexity index is 716. The molecule has 0 radical (unpaired) electrons. The highest BCUT2D eigenvalue weighted by molar-refractivity contribution is 5.90. The second kappa shape index (κ2) is 13.4. The fraction of sp³-hybridized carbons (Fsp3) is 0.897. The number of ketones is 2. The Morgan fingerprint density at radius 1 is 0.800 bits per heavy atom. The van der Waals surface area contributed by atoms with E-state index in [1.54, 1.807) is 13.1 Å². The van der Waals surface area contributed by atoms with Crippen molar-refractivity contribution in [3.8, 4) is 0 Å². The average molecular weight is 498 g/mol. The second-order valence-electron chi connectivity index (χ2n) is 11.6. The Kier molecular flexibility index (Phi) is 13.0. The van der Waals surface area contributed by atoms with E-state index in [1.807, 2.05) is 62.3 Å². The van der Waals surface area contributed by atoms with Crippen molar-refractivity contribution in [2.75, 3.05) is 13.2 Å². The first-order valence-electron chi connectivity index (χ1n) is 13.5. The van der Waals surface area contributed by atoms with E-state index in [0.29, 0.717) is 19.3 Å². The summed E-state index contributed by atoms with van der Waals surface area (Å²) in [6.07, 6.45) is 4.58. The van der Waals surface area contributed by atoms with Gasteiger partial charge in [-0.25, -0.2) is 0 Å². The lowest BCUT2D eigenvalue weighted by Gasteiger charge is -2.46. The number of nitrogens with zero attached hydrogens (tertiary/aromatic N) is 1. The van der Waals surface area contributed by atoms with Gasteiger partial charge in [0.05, 0.1) is 28.8 Å². The number of ether oxygens (including phenoxy) is 3. The van der Waals surface area contributed by atoms with E-state index in [2.05, 4.69) is 25.8 Å². The van der Waals surface area contributed by atoms with Gasteiger partial charge in [-0.3, -0.25) is 14.6 Å². The Balaban J connectivity index is 5.56. The van der Waals surface area contributed by atoms with Crippen LogP contribution in [-0.2, 0) is 23.8 Å². The first-order valence-corrected chi connectivity index (χ1v) is 13.5. The van der Waals surface area contributed by atoms with Crippen LogP contribution in [0.2, 0.25) is 0 Å². The smallest absolute Gasteiger partial charge is 0.189 e. The van der Waals surface area contributed by atoms with E-state index in [-0.39, 0.29) is 35.9 Å². The molecule has 0 bridgehead atoms. The maximum absolute atomic E-state index is 13.6. The van der Waals surface area contributed by atoms with Gasteiger partial charge in [0.2, 0.25) is 0 Å². The lowest BCUT2D eigenvalue weighted by atomic mass is 9.66. The van der Waals surface area contributed by atoms with Crippen molar-refractivity contribution in [2.45, 2.75) is 151 Å². The molecule has 0 aromatic heterocycles. The number of carbonyl (C=O) groups excluding carboxylic acids is 2. The third-order valence-electron chi connectivity index (χ3n) is 8.38. The fourth-order valence-corrected chi connectivity index (χ4v) is 3.88. The molecule has 0 heterocycles. The zero-order valence-electron chi connectivity index (χ0n) is 25.1. The van der Waals surface area contributed by atoms with E-state index in [9.17, 15) is 9.59 Å². The molecule has 6 nitrogen and oxygen atoms in total. The molecule has 0 aromatic rings. The highest BCUT2D eigenvalue weighted by Gasteiger charge is 2.51. The summed E-state index contributed by atoms with van der Waals surface area (Å²) in [4.78, 5) is 31.4. The van der Waals surface area contributed by atoms with E-state index < -0.39 is 22.7 Å². The van der Waals surface area contributed by atoms with Gasteiger partial charge in [-0.1, -0.05) is 34.6 Å². The summed E-state index contributed by atoms with van der Waals surface area (Å²) in [6, 6.07) is 0. The van der Waals surface area contributed by atoms with Crippen molar-refractivity contribution < 1.29 is 23.8 Å². The number of Topliss-reactive ketones (excluding diaryl/α,β-unsaturated/α-hetero) is 2. The minimum Gasteiger partial charge on any atom is -0.366 e. The van der Waals surface area contributed by atoms with E-state index in [4.69, 9.17) is 14.2 Å². The maximum atomic E-state index is 13.6. The normalized spacial score (nSPS) is 19.1. The van der Waals surface area contributed by atoms with Crippen LogP contribution in [0.3, 0.4) is 0 Å². The average Bonchev–Trinajstić information content (AvgIpc) is 2.83. The molecule has 6 heteroatoms. The van der Waals surface area contributed by atoms with Crippen LogP contribution in [0, 0.1) is 5.41 Å². The van der Waals surface area contributed by atoms with Gasteiger partial charge in [0.15, 0.2) is 11.6 Å². The Morgan fingerprint density at radius 2 is 1.37 bits per heavy atom. The summed E-state index contributed by atoms with van der Waals surface area (Å²) in [5, 5.41) is 0. The summed E-state index contributed by atoms with van der Waals surface area (Å²) in [6.45, 7) is 25.8. The topological polar surface area (TPSA) is 74.2 Å². The van der Waals surface area contributed by atoms with Crippen molar-refractivity contribution in [1.82, 2.24) is 0 Å². The first kappa shape index (κ1) is 33.9. The molecule has 35 heavy (non-hydrogen) atoms. The van der Waals surface area contributed by atoms with Gasteiger partial charge in [-0.15, -0.1) is 0 Å². The van der Waals surface area contributed by atoms with Crippen LogP contribution in [0.4, 0.5) is 0 Å². The Morgan fingerprint density at radius 3 is 1.80 bits per heavy atom. The molecule has 0 amide bonds. The number of hydrogen-bond donors (Lipinski definition) is 0. The quantitative estimate of drug-likeness (QED) is 0.195. The summed E-state index contributed by atoms with van der Waals surface area (Å²) >= 11 is 0. The van der Waals surface area contributed by atoms with Crippen LogP contribution in [-0.4, -0.2) is 59.4 Å². The maximum Gasteiger partial charge on any atom is 0.189 e. The molecule has 0 aliphatic carbocycles. The van der Waals surface area contributed by atoms with Gasteiger partial charge < -0.3 is 14.2 Å². The molecule has 0 fully saturated rings. The third-order valence-corrected chi connectivity index (χ3v) is 8.38. The van der Waals surface area contributed by atoms with Crippen molar-refractivity contribution in [3.63, 3.8) is 0 Å². The SMILES string of the molecule is CCC(C)(C)N=CCOC(C)(CC)C(=O)COC(C)(CC)C(C)(CC)C(=O)C(C)OC(C)(C)CC. The van der Waals surface area contributed by atoms with Crippen LogP contribution in [0.5, 0.6) is 0 Å². The van der Waals surface area contributed by atoms with Gasteiger partial charge in [-0.05, 0) is 87.5 Å². The summed E-state index contributed by atoms with van der Waals surface area (Å²) in [5.74, 6) is -0.132. The summed E-state index contributed by atoms with van der Waals surface area (Å²) < 4.78 is 18.4. The van der Waals surface area contributed by atoms with Crippen molar-refractivity contribution in [1.29, 1.82) is 0 Å². The molecular formula is C29H55NO5. The lowest BCUT2D eigenvalue weighted by molar-refractivity contribution is -0.180. The summed E-state index contributed by atoms with van der Waals surface area (Å²) in [5.41, 5.74) is -3.16. The standard InChI is InChI=1S/C29H55NO5/c1-14-25(7,8)30-19-20-33-28(12,17-4)23(31)21-34-29(13,18-5)27(11,16-3)24(32)22(6)35-26(9,10)15-2/h19,22H,14-18,20-21H2,1-13H3. The molecule has 0 saturated heterocycles. The molecule has 206 valence electrons. The van der Waals surface area contributed by atoms with E-state index in [1.165, 1.54) is 0 Å². The molecule has 4 atom stereocenters. The highest BCUT2D eigenvalue weighted by atomic mass is 16.5. The number of hydrogen-bond acceptors (Lipinski definition) is 6. The molecule has 0 rings (SSSR count). The van der Waals surface area contributed by atoms with Crippen LogP contribution in [0.1, 0.15) is 122 Å². The molecule has 0 aromatic carbocycles. The number of aliphatic imine (C=N–C) groups is 1.